The molecule has 1 aliphatic heterocycles. The van der Waals surface area contributed by atoms with Crippen LogP contribution in [0.4, 0.5) is 0 Å². The van der Waals surface area contributed by atoms with E-state index in [1.165, 1.54) is 11.4 Å². The van der Waals surface area contributed by atoms with Gasteiger partial charge in [0.25, 0.3) is 0 Å². The average molecular weight is 348 g/mol. The van der Waals surface area contributed by atoms with Crippen molar-refractivity contribution in [3.8, 4) is 0 Å². The molecule has 5 nitrogen and oxygen atoms in total. The van der Waals surface area contributed by atoms with E-state index in [-0.39, 0.29) is 29.2 Å². The quantitative estimate of drug-likeness (QED) is 0.698. The van der Waals surface area contributed by atoms with Crippen LogP contribution >= 0.6 is 15.9 Å². The number of hydrogen-bond donors (Lipinski definition) is 0. The third-order valence-electron chi connectivity index (χ3n) is 2.87. The van der Waals surface area contributed by atoms with Gasteiger partial charge in [0, 0.05) is 18.4 Å². The van der Waals surface area contributed by atoms with E-state index >= 15 is 0 Å². The van der Waals surface area contributed by atoms with E-state index in [1.54, 1.807) is 0 Å². The van der Waals surface area contributed by atoms with Crippen LogP contribution in [0.3, 0.4) is 0 Å². The zero-order valence-electron chi connectivity index (χ0n) is 9.96. The Labute approximate surface area is 112 Å². The molecule has 8 heteroatoms. The van der Waals surface area contributed by atoms with Gasteiger partial charge in [0.15, 0.2) is 0 Å². The summed E-state index contributed by atoms with van der Waals surface area (Å²) in [5.41, 5.74) is 0. The van der Waals surface area contributed by atoms with Crippen LogP contribution in [-0.4, -0.2) is 56.3 Å². The summed E-state index contributed by atoms with van der Waals surface area (Å²) in [5, 5.41) is -0.553. The molecule has 0 aromatic rings. The number of halogens is 1. The van der Waals surface area contributed by atoms with Crippen LogP contribution < -0.4 is 0 Å². The third kappa shape index (κ3) is 4.18. The van der Waals surface area contributed by atoms with Gasteiger partial charge in [0.05, 0.1) is 16.8 Å². The fraction of sp³-hybridized carbons (Fsp3) is 1.00. The Hall–Kier alpha value is 0.340. The Balaban J connectivity index is 2.73. The summed E-state index contributed by atoms with van der Waals surface area (Å²) < 4.78 is 48.1. The minimum atomic E-state index is -3.37. The van der Waals surface area contributed by atoms with E-state index in [0.29, 0.717) is 6.54 Å². The van der Waals surface area contributed by atoms with Gasteiger partial charge in [-0.1, -0.05) is 22.9 Å². The van der Waals surface area contributed by atoms with Crippen LogP contribution in [0.25, 0.3) is 0 Å². The van der Waals surface area contributed by atoms with E-state index in [2.05, 4.69) is 15.9 Å². The lowest BCUT2D eigenvalue weighted by molar-refractivity contribution is 0.455. The number of rotatable bonds is 4. The first-order valence-electron chi connectivity index (χ1n) is 5.45. The Kier molecular flexibility index (Phi) is 5.02. The molecule has 0 N–H and O–H groups in total. The molecule has 0 spiro atoms. The topological polar surface area (TPSA) is 71.5 Å². The minimum Gasteiger partial charge on any atom is -0.229 e. The van der Waals surface area contributed by atoms with Gasteiger partial charge in [-0.15, -0.1) is 0 Å². The molecule has 1 unspecified atom stereocenters. The second-order valence-electron chi connectivity index (χ2n) is 4.46. The molecule has 0 amide bonds. The zero-order chi connectivity index (χ0) is 13.3. The standard InChI is InChI=1S/C9H18BrNO4S2/c1-8(10)7-11(2)17(14,15)9-3-5-16(12,13)6-4-9/h8-9H,3-7H2,1-2H3. The molecule has 0 saturated carbocycles. The van der Waals surface area contributed by atoms with Gasteiger partial charge in [-0.25, -0.2) is 21.1 Å². The van der Waals surface area contributed by atoms with Crippen LogP contribution in [0.2, 0.25) is 0 Å². The molecule has 17 heavy (non-hydrogen) atoms. The molecule has 0 aromatic heterocycles. The predicted octanol–water partition coefficient (Wildman–Crippen LogP) is 0.609. The van der Waals surface area contributed by atoms with Gasteiger partial charge in [0.1, 0.15) is 9.84 Å². The predicted molar refractivity (Wildman–Crippen MR) is 71.6 cm³/mol. The molecular formula is C9H18BrNO4S2. The lowest BCUT2D eigenvalue weighted by atomic mass is 10.2. The van der Waals surface area contributed by atoms with E-state index < -0.39 is 25.1 Å². The first-order valence-corrected chi connectivity index (χ1v) is 9.69. The van der Waals surface area contributed by atoms with Gasteiger partial charge < -0.3 is 0 Å². The van der Waals surface area contributed by atoms with E-state index in [0.717, 1.165) is 0 Å². The molecule has 1 saturated heterocycles. The van der Waals surface area contributed by atoms with Crippen molar-refractivity contribution in [3.63, 3.8) is 0 Å². The summed E-state index contributed by atoms with van der Waals surface area (Å²) in [5.74, 6) is -0.0385. The van der Waals surface area contributed by atoms with Gasteiger partial charge in [-0.05, 0) is 12.8 Å². The fourth-order valence-electron chi connectivity index (χ4n) is 1.88. The fourth-order valence-corrected chi connectivity index (χ4v) is 6.07. The van der Waals surface area contributed by atoms with Crippen LogP contribution in [0.1, 0.15) is 19.8 Å². The first-order chi connectivity index (χ1) is 7.65. The van der Waals surface area contributed by atoms with Crippen molar-refractivity contribution in [3.05, 3.63) is 0 Å². The van der Waals surface area contributed by atoms with E-state index in [1.807, 2.05) is 6.92 Å². The molecule has 1 heterocycles. The lowest BCUT2D eigenvalue weighted by Gasteiger charge is -2.27. The number of sulfonamides is 1. The maximum absolute atomic E-state index is 12.1. The summed E-state index contributed by atoms with van der Waals surface area (Å²) in [6.07, 6.45) is 0.428. The van der Waals surface area contributed by atoms with Crippen LogP contribution in [0, 0.1) is 0 Å². The average Bonchev–Trinajstić information content (AvgIpc) is 2.15. The summed E-state index contributed by atoms with van der Waals surface area (Å²) in [6.45, 7) is 2.27. The van der Waals surface area contributed by atoms with Gasteiger partial charge >= 0.3 is 0 Å². The van der Waals surface area contributed by atoms with Crippen molar-refractivity contribution >= 4 is 35.8 Å². The largest absolute Gasteiger partial charge is 0.229 e. The highest BCUT2D eigenvalue weighted by atomic mass is 79.9. The van der Waals surface area contributed by atoms with Crippen molar-refractivity contribution in [1.82, 2.24) is 4.31 Å². The maximum atomic E-state index is 12.1. The second kappa shape index (κ2) is 5.54. The summed E-state index contributed by atoms with van der Waals surface area (Å²) in [7, 11) is -4.85. The molecule has 1 aliphatic rings. The molecule has 1 rings (SSSR count). The van der Waals surface area contributed by atoms with E-state index in [4.69, 9.17) is 0 Å². The molecule has 0 radical (unpaired) electrons. The van der Waals surface area contributed by atoms with Crippen molar-refractivity contribution in [2.45, 2.75) is 29.8 Å². The first kappa shape index (κ1) is 15.4. The lowest BCUT2D eigenvalue weighted by Crippen LogP contribution is -2.42. The van der Waals surface area contributed by atoms with Crippen LogP contribution in [0.5, 0.6) is 0 Å². The van der Waals surface area contributed by atoms with Crippen molar-refractivity contribution in [2.24, 2.45) is 0 Å². The smallest absolute Gasteiger partial charge is 0.216 e. The summed E-state index contributed by atoms with van der Waals surface area (Å²) in [4.78, 5) is 0.0783. The van der Waals surface area contributed by atoms with Crippen LogP contribution in [-0.2, 0) is 19.9 Å². The van der Waals surface area contributed by atoms with Crippen molar-refractivity contribution in [2.75, 3.05) is 25.1 Å². The Morgan fingerprint density at radius 2 is 1.82 bits per heavy atom. The van der Waals surface area contributed by atoms with Crippen molar-refractivity contribution < 1.29 is 16.8 Å². The Morgan fingerprint density at radius 3 is 2.24 bits per heavy atom. The van der Waals surface area contributed by atoms with Gasteiger partial charge in [-0.2, -0.15) is 0 Å². The number of hydrogen-bond acceptors (Lipinski definition) is 4. The monoisotopic (exact) mass is 347 g/mol. The normalized spacial score (nSPS) is 23.8. The maximum Gasteiger partial charge on any atom is 0.216 e. The Morgan fingerprint density at radius 1 is 1.35 bits per heavy atom. The van der Waals surface area contributed by atoms with Gasteiger partial charge in [0.2, 0.25) is 10.0 Å². The number of sulfone groups is 1. The summed E-state index contributed by atoms with van der Waals surface area (Å²) in [6, 6.07) is 0. The highest BCUT2D eigenvalue weighted by Gasteiger charge is 2.35. The molecule has 0 aromatic carbocycles. The Bertz CT molecular complexity index is 443. The SMILES string of the molecule is CC(Br)CN(C)S(=O)(=O)C1CCS(=O)(=O)CC1. The van der Waals surface area contributed by atoms with Crippen molar-refractivity contribution in [1.29, 1.82) is 0 Å². The van der Waals surface area contributed by atoms with E-state index in [9.17, 15) is 16.8 Å². The third-order valence-corrected chi connectivity index (χ3v) is 7.20. The zero-order valence-corrected chi connectivity index (χ0v) is 13.2. The molecule has 0 bridgehead atoms. The molecule has 102 valence electrons. The molecule has 0 aliphatic carbocycles. The number of alkyl halides is 1. The second-order valence-corrected chi connectivity index (χ2v) is 10.6. The minimum absolute atomic E-state index is 0.0192. The highest BCUT2D eigenvalue weighted by Crippen LogP contribution is 2.22. The van der Waals surface area contributed by atoms with Gasteiger partial charge in [-0.3, -0.25) is 0 Å². The highest BCUT2D eigenvalue weighted by molar-refractivity contribution is 9.09. The molecule has 1 atom stereocenters. The molecule has 1 fully saturated rings. The summed E-state index contributed by atoms with van der Waals surface area (Å²) >= 11 is 3.31. The molecular weight excluding hydrogens is 330 g/mol. The van der Waals surface area contributed by atoms with Crippen LogP contribution in [0.15, 0.2) is 0 Å². The number of nitrogens with zero attached hydrogens (tertiary/aromatic N) is 1.